The summed E-state index contributed by atoms with van der Waals surface area (Å²) < 4.78 is 0. The average molecular weight is 290 g/mol. The molecule has 21 heavy (non-hydrogen) atoms. The maximum atomic E-state index is 4.81. The Balaban J connectivity index is 2.21. The molecule has 1 aromatic heterocycles. The van der Waals surface area contributed by atoms with Crippen LogP contribution in [0.2, 0.25) is 0 Å². The summed E-state index contributed by atoms with van der Waals surface area (Å²) >= 11 is 0. The van der Waals surface area contributed by atoms with Gasteiger partial charge in [0.2, 0.25) is 0 Å². The van der Waals surface area contributed by atoms with Crippen molar-refractivity contribution >= 4 is 11.6 Å². The fourth-order valence-corrected chi connectivity index (χ4v) is 2.71. The number of anilines is 2. The van der Waals surface area contributed by atoms with E-state index in [1.54, 1.807) is 0 Å². The first kappa shape index (κ1) is 16.1. The minimum Gasteiger partial charge on any atom is -0.370 e. The molecule has 0 spiro atoms. The molecule has 1 aromatic rings. The number of hydrogen-bond acceptors (Lipinski definition) is 4. The van der Waals surface area contributed by atoms with Gasteiger partial charge in [-0.2, -0.15) is 0 Å². The summed E-state index contributed by atoms with van der Waals surface area (Å²) in [5.41, 5.74) is 0. The summed E-state index contributed by atoms with van der Waals surface area (Å²) in [4.78, 5) is 11.9. The normalized spacial score (nSPS) is 19.7. The van der Waals surface area contributed by atoms with Crippen molar-refractivity contribution in [3.05, 3.63) is 11.9 Å². The van der Waals surface area contributed by atoms with Crippen LogP contribution in [0.5, 0.6) is 0 Å². The Morgan fingerprint density at radius 1 is 1.29 bits per heavy atom. The third-order valence-corrected chi connectivity index (χ3v) is 4.14. The Kier molecular flexibility index (Phi) is 5.83. The van der Waals surface area contributed by atoms with E-state index in [1.165, 1.54) is 19.3 Å². The zero-order valence-electron chi connectivity index (χ0n) is 14.0. The van der Waals surface area contributed by atoms with Crippen molar-refractivity contribution in [2.24, 2.45) is 5.92 Å². The Hall–Kier alpha value is -1.32. The van der Waals surface area contributed by atoms with Gasteiger partial charge >= 0.3 is 0 Å². The predicted octanol–water partition coefficient (Wildman–Crippen LogP) is 4.05. The third-order valence-electron chi connectivity index (χ3n) is 4.14. The van der Waals surface area contributed by atoms with E-state index in [0.29, 0.717) is 5.92 Å². The highest BCUT2D eigenvalue weighted by atomic mass is 15.2. The van der Waals surface area contributed by atoms with E-state index in [2.05, 4.69) is 49.0 Å². The lowest BCUT2D eigenvalue weighted by Crippen LogP contribution is -2.26. The van der Waals surface area contributed by atoms with Gasteiger partial charge in [-0.3, -0.25) is 0 Å². The summed E-state index contributed by atoms with van der Waals surface area (Å²) in [5, 5.41) is 3.42. The smallest absolute Gasteiger partial charge is 0.135 e. The fourth-order valence-electron chi connectivity index (χ4n) is 2.71. The molecule has 0 radical (unpaired) electrons. The maximum absolute atomic E-state index is 4.81. The molecule has 0 saturated carbocycles. The molecular weight excluding hydrogens is 260 g/mol. The van der Waals surface area contributed by atoms with Gasteiger partial charge < -0.3 is 10.2 Å². The molecule has 0 aliphatic carbocycles. The van der Waals surface area contributed by atoms with E-state index < -0.39 is 0 Å². The molecule has 1 fully saturated rings. The van der Waals surface area contributed by atoms with E-state index in [1.807, 2.05) is 0 Å². The summed E-state index contributed by atoms with van der Waals surface area (Å²) in [7, 11) is 0. The number of hydrogen-bond donors (Lipinski definition) is 1. The van der Waals surface area contributed by atoms with Gasteiger partial charge in [0.15, 0.2) is 0 Å². The van der Waals surface area contributed by atoms with Crippen LogP contribution in [-0.4, -0.2) is 29.6 Å². The van der Waals surface area contributed by atoms with Crippen LogP contribution in [0.1, 0.15) is 65.1 Å². The molecule has 0 bridgehead atoms. The number of nitrogens with zero attached hydrogens (tertiary/aromatic N) is 3. The molecule has 1 unspecified atom stereocenters. The molecule has 0 aromatic carbocycles. The van der Waals surface area contributed by atoms with Crippen molar-refractivity contribution in [1.82, 2.24) is 9.97 Å². The number of nitrogens with one attached hydrogen (secondary N) is 1. The van der Waals surface area contributed by atoms with Crippen molar-refractivity contribution in [1.29, 1.82) is 0 Å². The molecule has 2 heterocycles. The van der Waals surface area contributed by atoms with Crippen LogP contribution < -0.4 is 10.2 Å². The summed E-state index contributed by atoms with van der Waals surface area (Å²) in [5.74, 6) is 4.21. The standard InChI is InChI=1S/C17H30N4/c1-5-9-18-15-12-16(20-17(19-15)13(2)3)21-10-6-7-14(4)8-11-21/h12-14H,5-11H2,1-4H3,(H,18,19,20). The van der Waals surface area contributed by atoms with Gasteiger partial charge in [-0.25, -0.2) is 9.97 Å². The van der Waals surface area contributed by atoms with Gasteiger partial charge in [-0.15, -0.1) is 0 Å². The largest absolute Gasteiger partial charge is 0.370 e. The van der Waals surface area contributed by atoms with Crippen LogP contribution in [-0.2, 0) is 0 Å². The zero-order chi connectivity index (χ0) is 15.2. The molecule has 1 saturated heterocycles. The number of aromatic nitrogens is 2. The molecule has 1 N–H and O–H groups in total. The van der Waals surface area contributed by atoms with Crippen molar-refractivity contribution in [3.8, 4) is 0 Å². The van der Waals surface area contributed by atoms with Crippen LogP contribution in [0.4, 0.5) is 11.6 Å². The Morgan fingerprint density at radius 2 is 2.10 bits per heavy atom. The molecule has 1 aliphatic rings. The van der Waals surface area contributed by atoms with E-state index in [-0.39, 0.29) is 0 Å². The summed E-state index contributed by atoms with van der Waals surface area (Å²) in [6.45, 7) is 12.0. The Morgan fingerprint density at radius 3 is 2.81 bits per heavy atom. The molecule has 4 nitrogen and oxygen atoms in total. The molecule has 2 rings (SSSR count). The fraction of sp³-hybridized carbons (Fsp3) is 0.765. The highest BCUT2D eigenvalue weighted by Crippen LogP contribution is 2.24. The first-order valence-corrected chi connectivity index (χ1v) is 8.48. The van der Waals surface area contributed by atoms with Crippen molar-refractivity contribution in [2.45, 2.75) is 59.3 Å². The molecule has 1 atom stereocenters. The topological polar surface area (TPSA) is 41.0 Å². The minimum atomic E-state index is 0.359. The van der Waals surface area contributed by atoms with E-state index in [9.17, 15) is 0 Å². The monoisotopic (exact) mass is 290 g/mol. The first-order chi connectivity index (χ1) is 10.1. The molecule has 1 aliphatic heterocycles. The zero-order valence-corrected chi connectivity index (χ0v) is 14.0. The number of rotatable bonds is 5. The second kappa shape index (κ2) is 7.62. The molecule has 0 amide bonds. The van der Waals surface area contributed by atoms with Gasteiger partial charge in [-0.05, 0) is 31.6 Å². The van der Waals surface area contributed by atoms with Crippen molar-refractivity contribution in [2.75, 3.05) is 29.9 Å². The highest BCUT2D eigenvalue weighted by Gasteiger charge is 2.17. The van der Waals surface area contributed by atoms with Gasteiger partial charge in [0, 0.05) is 31.6 Å². The SMILES string of the molecule is CCCNc1cc(N2CCCC(C)CC2)nc(C(C)C)n1. The average Bonchev–Trinajstić information content (AvgIpc) is 2.69. The van der Waals surface area contributed by atoms with Gasteiger partial charge in [0.05, 0.1) is 0 Å². The molecule has 4 heteroatoms. The second-order valence-corrected chi connectivity index (χ2v) is 6.57. The lowest BCUT2D eigenvalue weighted by Gasteiger charge is -2.23. The first-order valence-electron chi connectivity index (χ1n) is 8.48. The maximum Gasteiger partial charge on any atom is 0.135 e. The van der Waals surface area contributed by atoms with Crippen LogP contribution in [0.3, 0.4) is 0 Å². The second-order valence-electron chi connectivity index (χ2n) is 6.57. The van der Waals surface area contributed by atoms with Crippen LogP contribution in [0.15, 0.2) is 6.07 Å². The van der Waals surface area contributed by atoms with Crippen LogP contribution >= 0.6 is 0 Å². The molecular formula is C17H30N4. The third kappa shape index (κ3) is 4.58. The Labute approximate surface area is 129 Å². The van der Waals surface area contributed by atoms with E-state index in [0.717, 1.165) is 49.4 Å². The van der Waals surface area contributed by atoms with Gasteiger partial charge in [-0.1, -0.05) is 27.7 Å². The van der Waals surface area contributed by atoms with Gasteiger partial charge in [0.1, 0.15) is 17.5 Å². The van der Waals surface area contributed by atoms with Crippen molar-refractivity contribution < 1.29 is 0 Å². The highest BCUT2D eigenvalue weighted by molar-refractivity contribution is 5.49. The van der Waals surface area contributed by atoms with Crippen LogP contribution in [0.25, 0.3) is 0 Å². The lowest BCUT2D eigenvalue weighted by atomic mass is 10.0. The van der Waals surface area contributed by atoms with Crippen molar-refractivity contribution in [3.63, 3.8) is 0 Å². The quantitative estimate of drug-likeness (QED) is 0.888. The predicted molar refractivity (Wildman–Crippen MR) is 90.1 cm³/mol. The lowest BCUT2D eigenvalue weighted by molar-refractivity contribution is 0.521. The minimum absolute atomic E-state index is 0.359. The van der Waals surface area contributed by atoms with E-state index in [4.69, 9.17) is 4.98 Å². The Bertz CT molecular complexity index is 444. The van der Waals surface area contributed by atoms with Gasteiger partial charge in [0.25, 0.3) is 0 Å². The van der Waals surface area contributed by atoms with Crippen LogP contribution in [0, 0.1) is 5.92 Å². The molecule has 118 valence electrons. The van der Waals surface area contributed by atoms with E-state index >= 15 is 0 Å². The summed E-state index contributed by atoms with van der Waals surface area (Å²) in [6, 6.07) is 2.12. The summed E-state index contributed by atoms with van der Waals surface area (Å²) in [6.07, 6.45) is 4.97.